The molecule has 0 bridgehead atoms. The third kappa shape index (κ3) is 3.08. The molecule has 148 valence electrons. The fourth-order valence-electron chi connectivity index (χ4n) is 4.84. The van der Waals surface area contributed by atoms with Gasteiger partial charge in [0.1, 0.15) is 0 Å². The van der Waals surface area contributed by atoms with E-state index in [0.29, 0.717) is 0 Å². The van der Waals surface area contributed by atoms with Crippen molar-refractivity contribution in [3.63, 3.8) is 0 Å². The summed E-state index contributed by atoms with van der Waals surface area (Å²) in [7, 11) is 2.10. The van der Waals surface area contributed by atoms with Gasteiger partial charge in [0.15, 0.2) is 0 Å². The molecule has 0 radical (unpaired) electrons. The molecule has 0 saturated heterocycles. The molecular weight excluding hydrogens is 350 g/mol. The molecule has 5 nitrogen and oxygen atoms in total. The third-order valence-corrected chi connectivity index (χ3v) is 6.18. The van der Waals surface area contributed by atoms with Crippen LogP contribution in [0.2, 0.25) is 0 Å². The highest BCUT2D eigenvalue weighted by Crippen LogP contribution is 2.41. The smallest absolute Gasteiger partial charge is 0.228 e. The average Bonchev–Trinajstić information content (AvgIpc) is 3.03. The Labute approximate surface area is 166 Å². The van der Waals surface area contributed by atoms with Crippen molar-refractivity contribution in [3.05, 3.63) is 41.6 Å². The number of fused-ring (bicyclic) bond motifs is 2. The molecule has 1 aliphatic carbocycles. The zero-order valence-corrected chi connectivity index (χ0v) is 17.2. The number of rotatable bonds is 4. The molecule has 0 fully saturated rings. The summed E-state index contributed by atoms with van der Waals surface area (Å²) in [4.78, 5) is 27.2. The Morgan fingerprint density at radius 3 is 2.82 bits per heavy atom. The molecule has 2 aliphatic rings. The molecule has 0 unspecified atom stereocenters. The fraction of sp³-hybridized carbons (Fsp3) is 0.478. The quantitative estimate of drug-likeness (QED) is 0.885. The highest BCUT2D eigenvalue weighted by atomic mass is 16.2. The molecule has 1 aromatic carbocycles. The van der Waals surface area contributed by atoms with Crippen molar-refractivity contribution in [2.45, 2.75) is 52.1 Å². The van der Waals surface area contributed by atoms with Gasteiger partial charge in [-0.2, -0.15) is 0 Å². The standard InChI is InChI=1S/C23H29N3O2/c1-5-7-14(2)24-23(28)17-10-19-18-8-6-9-20-22(18)16(13-26(20)15(3)27)11-21(19)25(4)12-17/h6,8-10,13-14,17,21H,5,7,11-12H2,1-4H3,(H,24,28)/t14-,17-,21-/m1/s1. The molecule has 3 atom stereocenters. The van der Waals surface area contributed by atoms with Gasteiger partial charge in [0.2, 0.25) is 11.8 Å². The Morgan fingerprint density at radius 1 is 1.32 bits per heavy atom. The van der Waals surface area contributed by atoms with Gasteiger partial charge in [-0.3, -0.25) is 19.1 Å². The van der Waals surface area contributed by atoms with E-state index in [1.165, 1.54) is 11.1 Å². The normalized spacial score (nSPS) is 22.5. The monoisotopic (exact) mass is 379 g/mol. The summed E-state index contributed by atoms with van der Waals surface area (Å²) in [5.74, 6) is -0.0111. The number of hydrogen-bond acceptors (Lipinski definition) is 3. The lowest BCUT2D eigenvalue weighted by Gasteiger charge is -2.39. The Bertz CT molecular complexity index is 972. The highest BCUT2D eigenvalue weighted by Gasteiger charge is 2.36. The number of carbonyl (C=O) groups excluding carboxylic acids is 2. The van der Waals surface area contributed by atoms with Gasteiger partial charge in [0, 0.05) is 37.1 Å². The van der Waals surface area contributed by atoms with Gasteiger partial charge in [-0.05, 0) is 49.6 Å². The molecule has 1 aliphatic heterocycles. The molecule has 0 spiro atoms. The number of amides is 1. The maximum atomic E-state index is 12.9. The molecule has 2 aromatic rings. The average molecular weight is 380 g/mol. The van der Waals surface area contributed by atoms with E-state index in [1.807, 2.05) is 18.3 Å². The van der Waals surface area contributed by atoms with Gasteiger partial charge in [-0.15, -0.1) is 0 Å². The summed E-state index contributed by atoms with van der Waals surface area (Å²) in [6, 6.07) is 6.59. The molecule has 0 saturated carbocycles. The minimum atomic E-state index is -0.151. The Hall–Kier alpha value is -2.40. The van der Waals surface area contributed by atoms with Crippen LogP contribution < -0.4 is 5.32 Å². The van der Waals surface area contributed by atoms with Gasteiger partial charge >= 0.3 is 0 Å². The Kier molecular flexibility index (Phi) is 4.88. The highest BCUT2D eigenvalue weighted by molar-refractivity contribution is 6.03. The zero-order valence-electron chi connectivity index (χ0n) is 17.2. The van der Waals surface area contributed by atoms with Crippen LogP contribution in [0, 0.1) is 5.92 Å². The second kappa shape index (κ2) is 7.21. The minimum Gasteiger partial charge on any atom is -0.353 e. The zero-order chi connectivity index (χ0) is 20.0. The van der Waals surface area contributed by atoms with Crippen LogP contribution in [0.5, 0.6) is 0 Å². The van der Waals surface area contributed by atoms with Gasteiger partial charge < -0.3 is 5.32 Å². The molecule has 1 aromatic heterocycles. The first-order valence-corrected chi connectivity index (χ1v) is 10.3. The lowest BCUT2D eigenvalue weighted by molar-refractivity contribution is -0.124. The van der Waals surface area contributed by atoms with Crippen molar-refractivity contribution >= 4 is 28.3 Å². The van der Waals surface area contributed by atoms with Crippen molar-refractivity contribution < 1.29 is 9.59 Å². The minimum absolute atomic E-state index is 0.0303. The van der Waals surface area contributed by atoms with E-state index in [1.54, 1.807) is 11.5 Å². The fourth-order valence-corrected chi connectivity index (χ4v) is 4.84. The maximum absolute atomic E-state index is 12.9. The summed E-state index contributed by atoms with van der Waals surface area (Å²) in [5, 5.41) is 4.33. The number of benzene rings is 1. The van der Waals surface area contributed by atoms with Gasteiger partial charge in [0.05, 0.1) is 11.4 Å². The number of aromatic nitrogens is 1. The van der Waals surface area contributed by atoms with E-state index >= 15 is 0 Å². The van der Waals surface area contributed by atoms with Crippen LogP contribution in [0.25, 0.3) is 16.5 Å². The van der Waals surface area contributed by atoms with Crippen LogP contribution in [-0.2, 0) is 11.2 Å². The number of carbonyl (C=O) groups is 2. The summed E-state index contributed by atoms with van der Waals surface area (Å²) >= 11 is 0. The van der Waals surface area contributed by atoms with Crippen LogP contribution in [0.4, 0.5) is 0 Å². The van der Waals surface area contributed by atoms with Crippen molar-refractivity contribution in [1.29, 1.82) is 0 Å². The second-order valence-electron chi connectivity index (χ2n) is 8.33. The van der Waals surface area contributed by atoms with Crippen LogP contribution in [-0.4, -0.2) is 47.0 Å². The Morgan fingerprint density at radius 2 is 2.11 bits per heavy atom. The molecule has 28 heavy (non-hydrogen) atoms. The summed E-state index contributed by atoms with van der Waals surface area (Å²) in [6.07, 6.45) is 7.09. The van der Waals surface area contributed by atoms with Crippen LogP contribution >= 0.6 is 0 Å². The first-order valence-electron chi connectivity index (χ1n) is 10.3. The first kappa shape index (κ1) is 18.9. The van der Waals surface area contributed by atoms with Crippen molar-refractivity contribution in [1.82, 2.24) is 14.8 Å². The van der Waals surface area contributed by atoms with E-state index in [2.05, 4.69) is 43.3 Å². The van der Waals surface area contributed by atoms with E-state index in [9.17, 15) is 9.59 Å². The molecule has 5 heteroatoms. The third-order valence-electron chi connectivity index (χ3n) is 6.18. The van der Waals surface area contributed by atoms with E-state index in [4.69, 9.17) is 0 Å². The molecule has 1 N–H and O–H groups in total. The van der Waals surface area contributed by atoms with Crippen molar-refractivity contribution in [2.75, 3.05) is 13.6 Å². The molecule has 4 rings (SSSR count). The number of nitrogens with zero attached hydrogens (tertiary/aromatic N) is 2. The summed E-state index contributed by atoms with van der Waals surface area (Å²) in [5.41, 5.74) is 4.56. The molecular formula is C23H29N3O2. The van der Waals surface area contributed by atoms with Gasteiger partial charge in [-0.1, -0.05) is 31.6 Å². The van der Waals surface area contributed by atoms with Gasteiger partial charge in [0.25, 0.3) is 0 Å². The second-order valence-corrected chi connectivity index (χ2v) is 8.33. The number of hydrogen-bond donors (Lipinski definition) is 1. The predicted octanol–water partition coefficient (Wildman–Crippen LogP) is 3.48. The van der Waals surface area contributed by atoms with Crippen LogP contribution in [0.3, 0.4) is 0 Å². The van der Waals surface area contributed by atoms with Crippen molar-refractivity contribution in [2.24, 2.45) is 5.92 Å². The molecule has 1 amide bonds. The van der Waals surface area contributed by atoms with E-state index < -0.39 is 0 Å². The molecule has 2 heterocycles. The number of nitrogens with one attached hydrogen (secondary N) is 1. The van der Waals surface area contributed by atoms with Crippen LogP contribution in [0.1, 0.15) is 49.5 Å². The maximum Gasteiger partial charge on any atom is 0.228 e. The summed E-state index contributed by atoms with van der Waals surface area (Å²) < 4.78 is 1.75. The predicted molar refractivity (Wildman–Crippen MR) is 112 cm³/mol. The lowest BCUT2D eigenvalue weighted by atomic mass is 9.80. The summed E-state index contributed by atoms with van der Waals surface area (Å²) in [6.45, 7) is 6.53. The van der Waals surface area contributed by atoms with Gasteiger partial charge in [-0.25, -0.2) is 0 Å². The topological polar surface area (TPSA) is 54.3 Å². The first-order chi connectivity index (χ1) is 13.4. The Balaban J connectivity index is 1.75. The number of likely N-dealkylation sites (N-methyl/N-ethyl adjacent to an activating group) is 1. The van der Waals surface area contributed by atoms with Crippen LogP contribution in [0.15, 0.2) is 30.5 Å². The van der Waals surface area contributed by atoms with Crippen molar-refractivity contribution in [3.8, 4) is 0 Å². The largest absolute Gasteiger partial charge is 0.353 e. The van der Waals surface area contributed by atoms with E-state index in [0.717, 1.165) is 42.3 Å². The van der Waals surface area contributed by atoms with E-state index in [-0.39, 0.29) is 29.8 Å². The lowest BCUT2D eigenvalue weighted by Crippen LogP contribution is -2.47. The SMILES string of the molecule is CCC[C@@H](C)NC(=O)[C@@H]1C=C2c3cccc4c3c(cn4C(C)=O)C[C@H]2N(C)C1.